The highest BCUT2D eigenvalue weighted by Crippen LogP contribution is 2.30. The first kappa shape index (κ1) is 19.9. The molecule has 0 atom stereocenters. The summed E-state index contributed by atoms with van der Waals surface area (Å²) in [6, 6.07) is 5.68. The van der Waals surface area contributed by atoms with Crippen LogP contribution in [0.2, 0.25) is 5.02 Å². The monoisotopic (exact) mass is 418 g/mol. The van der Waals surface area contributed by atoms with Crippen LogP contribution in [0.1, 0.15) is 32.1 Å². The van der Waals surface area contributed by atoms with Crippen molar-refractivity contribution in [2.75, 3.05) is 31.1 Å². The highest BCUT2D eigenvalue weighted by atomic mass is 35.5. The fourth-order valence-electron chi connectivity index (χ4n) is 3.99. The van der Waals surface area contributed by atoms with Gasteiger partial charge in [-0.1, -0.05) is 30.9 Å². The first-order valence-electron chi connectivity index (χ1n) is 10.1. The highest BCUT2D eigenvalue weighted by Gasteiger charge is 2.28. The van der Waals surface area contributed by atoms with E-state index in [1.54, 1.807) is 6.07 Å². The third-order valence-corrected chi connectivity index (χ3v) is 5.90. The van der Waals surface area contributed by atoms with E-state index in [1.165, 1.54) is 30.9 Å². The number of ether oxygens (including phenoxy) is 1. The molecule has 2 fully saturated rings. The van der Waals surface area contributed by atoms with Gasteiger partial charge in [-0.25, -0.2) is 14.4 Å². The standard InChI is InChI=1S/C21H24ClFN4O2/c22-17-12-16(23)6-7-18(17)29-20-13-19(24-14-25-20)26-8-10-27(11-9-26)21(28)15-4-2-1-3-5-15/h6-7,12-15H,1-5,8-11H2. The fourth-order valence-corrected chi connectivity index (χ4v) is 4.20. The highest BCUT2D eigenvalue weighted by molar-refractivity contribution is 6.32. The van der Waals surface area contributed by atoms with Gasteiger partial charge in [0, 0.05) is 38.2 Å². The van der Waals surface area contributed by atoms with Crippen molar-refractivity contribution in [2.24, 2.45) is 5.92 Å². The molecule has 154 valence electrons. The molecule has 1 saturated carbocycles. The van der Waals surface area contributed by atoms with Gasteiger partial charge in [-0.05, 0) is 31.0 Å². The molecular weight excluding hydrogens is 395 g/mol. The largest absolute Gasteiger partial charge is 0.437 e. The SMILES string of the molecule is O=C(C1CCCCC1)N1CCN(c2cc(Oc3ccc(F)cc3Cl)ncn2)CC1. The van der Waals surface area contributed by atoms with Crippen LogP contribution in [-0.2, 0) is 4.79 Å². The lowest BCUT2D eigenvalue weighted by Crippen LogP contribution is -2.50. The van der Waals surface area contributed by atoms with Crippen molar-refractivity contribution >= 4 is 23.3 Å². The quantitative estimate of drug-likeness (QED) is 0.741. The molecule has 1 aliphatic carbocycles. The smallest absolute Gasteiger partial charge is 0.225 e. The molecule has 1 aromatic heterocycles. The molecule has 6 nitrogen and oxygen atoms in total. The zero-order chi connectivity index (χ0) is 20.2. The Hall–Kier alpha value is -2.41. The third-order valence-electron chi connectivity index (χ3n) is 5.61. The minimum atomic E-state index is -0.425. The van der Waals surface area contributed by atoms with Crippen molar-refractivity contribution in [3.05, 3.63) is 41.4 Å². The van der Waals surface area contributed by atoms with Crippen LogP contribution < -0.4 is 9.64 Å². The summed E-state index contributed by atoms with van der Waals surface area (Å²) >= 11 is 6.02. The van der Waals surface area contributed by atoms with Crippen molar-refractivity contribution in [2.45, 2.75) is 32.1 Å². The van der Waals surface area contributed by atoms with Gasteiger partial charge < -0.3 is 14.5 Å². The Morgan fingerprint density at radius 1 is 1.07 bits per heavy atom. The molecule has 0 N–H and O–H groups in total. The van der Waals surface area contributed by atoms with Gasteiger partial charge in [0.1, 0.15) is 23.7 Å². The number of nitrogens with zero attached hydrogens (tertiary/aromatic N) is 4. The van der Waals surface area contributed by atoms with Crippen molar-refractivity contribution in [1.82, 2.24) is 14.9 Å². The van der Waals surface area contributed by atoms with Gasteiger partial charge in [-0.15, -0.1) is 0 Å². The maximum absolute atomic E-state index is 13.2. The summed E-state index contributed by atoms with van der Waals surface area (Å²) in [5.74, 6) is 1.49. The van der Waals surface area contributed by atoms with E-state index in [4.69, 9.17) is 16.3 Å². The number of anilines is 1. The molecule has 1 amide bonds. The molecule has 4 rings (SSSR count). The van der Waals surface area contributed by atoms with E-state index in [2.05, 4.69) is 14.9 Å². The van der Waals surface area contributed by atoms with Crippen LogP contribution in [-0.4, -0.2) is 47.0 Å². The van der Waals surface area contributed by atoms with Crippen molar-refractivity contribution in [3.63, 3.8) is 0 Å². The maximum atomic E-state index is 13.2. The number of hydrogen-bond acceptors (Lipinski definition) is 5. The fraction of sp³-hybridized carbons (Fsp3) is 0.476. The number of piperazine rings is 1. The van der Waals surface area contributed by atoms with Crippen LogP contribution in [0.4, 0.5) is 10.2 Å². The molecule has 1 aliphatic heterocycles. The number of carbonyl (C=O) groups is 1. The normalized spacial score (nSPS) is 18.0. The van der Waals surface area contributed by atoms with E-state index in [0.717, 1.165) is 31.5 Å². The Balaban J connectivity index is 1.37. The van der Waals surface area contributed by atoms with E-state index in [0.29, 0.717) is 43.7 Å². The predicted molar refractivity (Wildman–Crippen MR) is 109 cm³/mol. The molecule has 2 aromatic rings. The number of aromatic nitrogens is 2. The van der Waals surface area contributed by atoms with Crippen molar-refractivity contribution < 1.29 is 13.9 Å². The summed E-state index contributed by atoms with van der Waals surface area (Å²) in [6.07, 6.45) is 7.06. The van der Waals surface area contributed by atoms with Gasteiger partial charge >= 0.3 is 0 Å². The summed E-state index contributed by atoms with van der Waals surface area (Å²) < 4.78 is 18.9. The van der Waals surface area contributed by atoms with E-state index in [1.807, 2.05) is 4.90 Å². The van der Waals surface area contributed by atoms with Gasteiger partial charge in [-0.3, -0.25) is 4.79 Å². The molecule has 2 heterocycles. The molecule has 0 spiro atoms. The second-order valence-corrected chi connectivity index (χ2v) is 7.95. The maximum Gasteiger partial charge on any atom is 0.225 e. The molecule has 0 radical (unpaired) electrons. The second-order valence-electron chi connectivity index (χ2n) is 7.54. The number of hydrogen-bond donors (Lipinski definition) is 0. The summed E-state index contributed by atoms with van der Waals surface area (Å²) in [5.41, 5.74) is 0. The van der Waals surface area contributed by atoms with E-state index in [-0.39, 0.29) is 10.9 Å². The number of carbonyl (C=O) groups excluding carboxylic acids is 1. The van der Waals surface area contributed by atoms with Gasteiger partial charge in [0.05, 0.1) is 5.02 Å². The van der Waals surface area contributed by atoms with Crippen LogP contribution in [0, 0.1) is 11.7 Å². The number of benzene rings is 1. The van der Waals surface area contributed by atoms with Crippen LogP contribution in [0.5, 0.6) is 11.6 Å². The number of amides is 1. The Morgan fingerprint density at radius 3 is 2.55 bits per heavy atom. The zero-order valence-electron chi connectivity index (χ0n) is 16.2. The molecular formula is C21H24ClFN4O2. The first-order valence-corrected chi connectivity index (χ1v) is 10.5. The first-order chi connectivity index (χ1) is 14.1. The lowest BCUT2D eigenvalue weighted by Gasteiger charge is -2.37. The zero-order valence-corrected chi connectivity index (χ0v) is 16.9. The minimum absolute atomic E-state index is 0.181. The Bertz CT molecular complexity index is 868. The third kappa shape index (κ3) is 4.78. The van der Waals surface area contributed by atoms with Crippen molar-refractivity contribution in [1.29, 1.82) is 0 Å². The summed E-state index contributed by atoms with van der Waals surface area (Å²) in [4.78, 5) is 25.3. The molecule has 1 saturated heterocycles. The topological polar surface area (TPSA) is 58.6 Å². The Labute approximate surface area is 174 Å². The molecule has 1 aromatic carbocycles. The average molecular weight is 419 g/mol. The number of halogens is 2. The molecule has 0 bridgehead atoms. The average Bonchev–Trinajstić information content (AvgIpc) is 2.76. The van der Waals surface area contributed by atoms with E-state index >= 15 is 0 Å². The Morgan fingerprint density at radius 2 is 1.83 bits per heavy atom. The molecule has 29 heavy (non-hydrogen) atoms. The van der Waals surface area contributed by atoms with Crippen LogP contribution >= 0.6 is 11.6 Å². The van der Waals surface area contributed by atoms with Gasteiger partial charge in [0.25, 0.3) is 0 Å². The van der Waals surface area contributed by atoms with E-state index < -0.39 is 5.82 Å². The minimum Gasteiger partial charge on any atom is -0.437 e. The number of rotatable bonds is 4. The second kappa shape index (κ2) is 8.95. The van der Waals surface area contributed by atoms with Crippen LogP contribution in [0.15, 0.2) is 30.6 Å². The van der Waals surface area contributed by atoms with Crippen LogP contribution in [0.3, 0.4) is 0 Å². The lowest BCUT2D eigenvalue weighted by atomic mass is 9.88. The lowest BCUT2D eigenvalue weighted by molar-refractivity contribution is -0.136. The summed E-state index contributed by atoms with van der Waals surface area (Å²) in [6.45, 7) is 2.82. The van der Waals surface area contributed by atoms with Crippen LogP contribution in [0.25, 0.3) is 0 Å². The molecule has 8 heteroatoms. The Kier molecular flexibility index (Phi) is 6.13. The van der Waals surface area contributed by atoms with E-state index in [9.17, 15) is 9.18 Å². The molecule has 2 aliphatic rings. The van der Waals surface area contributed by atoms with Crippen molar-refractivity contribution in [3.8, 4) is 11.6 Å². The van der Waals surface area contributed by atoms with Gasteiger partial charge in [0.2, 0.25) is 11.8 Å². The van der Waals surface area contributed by atoms with Gasteiger partial charge in [-0.2, -0.15) is 0 Å². The molecule has 0 unspecified atom stereocenters. The van der Waals surface area contributed by atoms with Gasteiger partial charge in [0.15, 0.2) is 0 Å². The predicted octanol–water partition coefficient (Wildman–Crippen LogP) is 4.29. The summed E-state index contributed by atoms with van der Waals surface area (Å²) in [7, 11) is 0. The summed E-state index contributed by atoms with van der Waals surface area (Å²) in [5, 5.41) is 0.181.